The summed E-state index contributed by atoms with van der Waals surface area (Å²) in [6.07, 6.45) is 9.03. The molecule has 1 saturated carbocycles. The molecule has 0 radical (unpaired) electrons. The summed E-state index contributed by atoms with van der Waals surface area (Å²) < 4.78 is 0. The van der Waals surface area contributed by atoms with Gasteiger partial charge in [0.15, 0.2) is 0 Å². The summed E-state index contributed by atoms with van der Waals surface area (Å²) in [5, 5.41) is 3.12. The summed E-state index contributed by atoms with van der Waals surface area (Å²) in [5.41, 5.74) is 5.32. The second-order valence-electron chi connectivity index (χ2n) is 5.33. The fourth-order valence-electron chi connectivity index (χ4n) is 2.41. The van der Waals surface area contributed by atoms with Gasteiger partial charge >= 0.3 is 0 Å². The van der Waals surface area contributed by atoms with E-state index in [1.54, 1.807) is 0 Å². The van der Waals surface area contributed by atoms with Gasteiger partial charge in [0, 0.05) is 6.04 Å². The van der Waals surface area contributed by atoms with Gasteiger partial charge in [0.05, 0.1) is 5.54 Å². The third-order valence-corrected chi connectivity index (χ3v) is 3.48. The Morgan fingerprint density at radius 3 is 2.29 bits per heavy atom. The van der Waals surface area contributed by atoms with E-state index < -0.39 is 5.54 Å². The molecule has 3 N–H and O–H groups in total. The highest BCUT2D eigenvalue weighted by Crippen LogP contribution is 2.18. The molecule has 1 aliphatic rings. The van der Waals surface area contributed by atoms with E-state index in [1.807, 2.05) is 6.92 Å². The summed E-state index contributed by atoms with van der Waals surface area (Å²) in [5.74, 6) is 0.0289. The quantitative estimate of drug-likeness (QED) is 0.766. The van der Waals surface area contributed by atoms with Crippen molar-refractivity contribution in [3.05, 3.63) is 0 Å². The van der Waals surface area contributed by atoms with Crippen LogP contribution in [-0.2, 0) is 4.79 Å². The van der Waals surface area contributed by atoms with Gasteiger partial charge in [0.1, 0.15) is 0 Å². The molecule has 0 aromatic rings. The van der Waals surface area contributed by atoms with Crippen molar-refractivity contribution in [2.45, 2.75) is 76.8 Å². The van der Waals surface area contributed by atoms with Gasteiger partial charge in [-0.3, -0.25) is 4.79 Å². The van der Waals surface area contributed by atoms with Crippen LogP contribution in [0.1, 0.15) is 65.2 Å². The number of halogens is 1. The van der Waals surface area contributed by atoms with Gasteiger partial charge in [-0.2, -0.15) is 0 Å². The lowest BCUT2D eigenvalue weighted by Gasteiger charge is -2.26. The maximum Gasteiger partial charge on any atom is 0.240 e. The number of hydrogen-bond acceptors (Lipinski definition) is 2. The minimum atomic E-state index is -0.693. The number of hydrogen-bond donors (Lipinski definition) is 2. The van der Waals surface area contributed by atoms with Crippen molar-refractivity contribution < 1.29 is 4.79 Å². The Hall–Kier alpha value is -0.280. The smallest absolute Gasteiger partial charge is 0.240 e. The van der Waals surface area contributed by atoms with E-state index in [-0.39, 0.29) is 18.3 Å². The Bertz CT molecular complexity index is 223. The molecule has 1 unspecified atom stereocenters. The zero-order valence-corrected chi connectivity index (χ0v) is 11.9. The molecule has 3 nitrogen and oxygen atoms in total. The largest absolute Gasteiger partial charge is 0.352 e. The average molecular weight is 263 g/mol. The van der Waals surface area contributed by atoms with Gasteiger partial charge in [-0.1, -0.05) is 39.0 Å². The van der Waals surface area contributed by atoms with Crippen LogP contribution in [0.4, 0.5) is 0 Å². The van der Waals surface area contributed by atoms with Crippen molar-refractivity contribution in [3.8, 4) is 0 Å². The second-order valence-corrected chi connectivity index (χ2v) is 5.33. The normalized spacial score (nSPS) is 20.9. The standard InChI is InChI=1S/C13H26N2O.ClH/c1-3-10-13(2,14)12(16)15-11-8-6-4-5-7-9-11;/h11H,3-10,14H2,1-2H3,(H,15,16);1H. The van der Waals surface area contributed by atoms with Crippen LogP contribution in [0, 0.1) is 0 Å². The summed E-state index contributed by atoms with van der Waals surface area (Å²) in [7, 11) is 0. The van der Waals surface area contributed by atoms with Crippen LogP contribution in [0.5, 0.6) is 0 Å². The number of rotatable bonds is 4. The van der Waals surface area contributed by atoms with Crippen molar-refractivity contribution in [1.82, 2.24) is 5.32 Å². The van der Waals surface area contributed by atoms with Crippen molar-refractivity contribution in [2.75, 3.05) is 0 Å². The van der Waals surface area contributed by atoms with Crippen LogP contribution in [0.25, 0.3) is 0 Å². The highest BCUT2D eigenvalue weighted by molar-refractivity contribution is 5.86. The topological polar surface area (TPSA) is 55.1 Å². The zero-order valence-electron chi connectivity index (χ0n) is 11.1. The molecule has 1 amide bonds. The van der Waals surface area contributed by atoms with Crippen LogP contribution in [0.15, 0.2) is 0 Å². The molecule has 1 aliphatic carbocycles. The lowest BCUT2D eigenvalue weighted by molar-refractivity contribution is -0.126. The van der Waals surface area contributed by atoms with Crippen LogP contribution < -0.4 is 11.1 Å². The van der Waals surface area contributed by atoms with Crippen LogP contribution in [0.2, 0.25) is 0 Å². The first kappa shape index (κ1) is 16.7. The van der Waals surface area contributed by atoms with Gasteiger partial charge < -0.3 is 11.1 Å². The Morgan fingerprint density at radius 1 is 1.29 bits per heavy atom. The SMILES string of the molecule is CCCC(C)(N)C(=O)NC1CCCCCC1.Cl. The first-order valence-corrected chi connectivity index (χ1v) is 6.66. The molecular formula is C13H27ClN2O. The summed E-state index contributed by atoms with van der Waals surface area (Å²) in [4.78, 5) is 12.0. The van der Waals surface area contributed by atoms with Gasteiger partial charge in [0.25, 0.3) is 0 Å². The molecule has 0 heterocycles. The third kappa shape index (κ3) is 5.73. The van der Waals surface area contributed by atoms with E-state index in [4.69, 9.17) is 5.73 Å². The van der Waals surface area contributed by atoms with E-state index in [0.29, 0.717) is 6.04 Å². The molecule has 4 heteroatoms. The van der Waals surface area contributed by atoms with E-state index in [0.717, 1.165) is 25.7 Å². The maximum atomic E-state index is 12.0. The van der Waals surface area contributed by atoms with Crippen molar-refractivity contribution in [3.63, 3.8) is 0 Å². The summed E-state index contributed by atoms with van der Waals surface area (Å²) >= 11 is 0. The molecule has 1 rings (SSSR count). The van der Waals surface area contributed by atoms with Gasteiger partial charge in [-0.25, -0.2) is 0 Å². The second kappa shape index (κ2) is 7.93. The zero-order chi connectivity index (χ0) is 12.0. The maximum absolute atomic E-state index is 12.0. The predicted molar refractivity (Wildman–Crippen MR) is 74.4 cm³/mol. The Kier molecular flexibility index (Phi) is 7.80. The Balaban J connectivity index is 0.00000256. The first-order chi connectivity index (χ1) is 7.56. The molecular weight excluding hydrogens is 236 g/mol. The number of amides is 1. The number of carbonyl (C=O) groups excluding carboxylic acids is 1. The monoisotopic (exact) mass is 262 g/mol. The van der Waals surface area contributed by atoms with Gasteiger partial charge in [-0.15, -0.1) is 12.4 Å². The van der Waals surface area contributed by atoms with E-state index in [1.165, 1.54) is 25.7 Å². The van der Waals surface area contributed by atoms with Gasteiger partial charge in [-0.05, 0) is 26.2 Å². The third-order valence-electron chi connectivity index (χ3n) is 3.48. The minimum absolute atomic E-state index is 0. The highest BCUT2D eigenvalue weighted by Gasteiger charge is 2.28. The number of carbonyl (C=O) groups is 1. The number of nitrogens with two attached hydrogens (primary N) is 1. The molecule has 1 fully saturated rings. The van der Waals surface area contributed by atoms with Crippen LogP contribution >= 0.6 is 12.4 Å². The van der Waals surface area contributed by atoms with E-state index in [9.17, 15) is 4.79 Å². The molecule has 0 aromatic heterocycles. The molecule has 0 spiro atoms. The van der Waals surface area contributed by atoms with Crippen LogP contribution in [-0.4, -0.2) is 17.5 Å². The van der Waals surface area contributed by atoms with Crippen molar-refractivity contribution >= 4 is 18.3 Å². The molecule has 0 bridgehead atoms. The summed E-state index contributed by atoms with van der Waals surface area (Å²) in [6.45, 7) is 3.90. The van der Waals surface area contributed by atoms with Crippen LogP contribution in [0.3, 0.4) is 0 Å². The highest BCUT2D eigenvalue weighted by atomic mass is 35.5. The lowest BCUT2D eigenvalue weighted by atomic mass is 9.95. The van der Waals surface area contributed by atoms with Gasteiger partial charge in [0.2, 0.25) is 5.91 Å². The number of nitrogens with one attached hydrogen (secondary N) is 1. The molecule has 0 aromatic carbocycles. The lowest BCUT2D eigenvalue weighted by Crippen LogP contribution is -2.54. The molecule has 102 valence electrons. The van der Waals surface area contributed by atoms with E-state index in [2.05, 4.69) is 12.2 Å². The Labute approximate surface area is 111 Å². The van der Waals surface area contributed by atoms with Crippen molar-refractivity contribution in [1.29, 1.82) is 0 Å². The first-order valence-electron chi connectivity index (χ1n) is 6.66. The molecule has 17 heavy (non-hydrogen) atoms. The molecule has 0 aliphatic heterocycles. The predicted octanol–water partition coefficient (Wildman–Crippen LogP) is 2.76. The molecule has 0 saturated heterocycles. The fraction of sp³-hybridized carbons (Fsp3) is 0.923. The minimum Gasteiger partial charge on any atom is -0.352 e. The van der Waals surface area contributed by atoms with E-state index >= 15 is 0 Å². The Morgan fingerprint density at radius 2 is 1.82 bits per heavy atom. The average Bonchev–Trinajstić information content (AvgIpc) is 2.46. The molecule has 1 atom stereocenters. The summed E-state index contributed by atoms with van der Waals surface area (Å²) in [6, 6.07) is 0.356. The fourth-order valence-corrected chi connectivity index (χ4v) is 2.41. The van der Waals surface area contributed by atoms with Crippen molar-refractivity contribution in [2.24, 2.45) is 5.73 Å².